The second-order valence-corrected chi connectivity index (χ2v) is 15.3. The molecule has 0 aliphatic heterocycles. The van der Waals surface area contributed by atoms with Crippen LogP contribution in [0.25, 0.3) is 0 Å². The SMILES string of the molecule is CCCCCCCCCCCCCCCCCCC(=O)OC(COC(=O)CCCCCCCCCCC)COC(OCC[N+](C)(C)C)C(=O)O. The first-order valence-corrected chi connectivity index (χ1v) is 20.7. The van der Waals surface area contributed by atoms with Crippen molar-refractivity contribution >= 4 is 17.9 Å². The third-order valence-corrected chi connectivity index (χ3v) is 9.11. The zero-order valence-electron chi connectivity index (χ0n) is 33.3. The monoisotopic (exact) mass is 715 g/mol. The quantitative estimate of drug-likeness (QED) is 0.0291. The van der Waals surface area contributed by atoms with E-state index in [1.165, 1.54) is 122 Å². The minimum atomic E-state index is -1.50. The van der Waals surface area contributed by atoms with Gasteiger partial charge in [0.05, 0.1) is 34.4 Å². The van der Waals surface area contributed by atoms with Crippen LogP contribution in [0, 0.1) is 0 Å². The number of esters is 2. The number of quaternary nitrogens is 1. The molecular formula is C41H80NO8+. The van der Waals surface area contributed by atoms with Gasteiger partial charge in [-0.15, -0.1) is 0 Å². The average Bonchev–Trinajstić information content (AvgIpc) is 3.06. The Morgan fingerprint density at radius 3 is 1.28 bits per heavy atom. The fourth-order valence-electron chi connectivity index (χ4n) is 5.84. The summed E-state index contributed by atoms with van der Waals surface area (Å²) in [6, 6.07) is 0. The maximum Gasteiger partial charge on any atom is 0.361 e. The number of ether oxygens (including phenoxy) is 4. The van der Waals surface area contributed by atoms with Crippen LogP contribution < -0.4 is 0 Å². The number of aliphatic carboxylic acids is 1. The number of hydrogen-bond donors (Lipinski definition) is 1. The molecule has 9 nitrogen and oxygen atoms in total. The van der Waals surface area contributed by atoms with E-state index in [0.717, 1.165) is 38.5 Å². The molecule has 0 amide bonds. The highest BCUT2D eigenvalue weighted by molar-refractivity contribution is 5.71. The van der Waals surface area contributed by atoms with Gasteiger partial charge < -0.3 is 28.5 Å². The molecule has 2 atom stereocenters. The number of carboxylic acid groups (broad SMARTS) is 1. The van der Waals surface area contributed by atoms with Crippen LogP contribution >= 0.6 is 0 Å². The highest BCUT2D eigenvalue weighted by atomic mass is 16.7. The van der Waals surface area contributed by atoms with Crippen molar-refractivity contribution in [2.45, 2.75) is 200 Å². The Morgan fingerprint density at radius 2 is 0.900 bits per heavy atom. The molecule has 0 aromatic heterocycles. The second kappa shape index (κ2) is 34.4. The van der Waals surface area contributed by atoms with Gasteiger partial charge in [0.25, 0.3) is 6.29 Å². The smallest absolute Gasteiger partial charge is 0.361 e. The van der Waals surface area contributed by atoms with Gasteiger partial charge in [-0.05, 0) is 12.8 Å². The summed E-state index contributed by atoms with van der Waals surface area (Å²) in [5.41, 5.74) is 0. The van der Waals surface area contributed by atoms with Crippen molar-refractivity contribution < 1.29 is 42.9 Å². The van der Waals surface area contributed by atoms with Crippen LogP contribution in [0.3, 0.4) is 0 Å². The molecule has 0 saturated heterocycles. The lowest BCUT2D eigenvalue weighted by molar-refractivity contribution is -0.870. The van der Waals surface area contributed by atoms with Gasteiger partial charge in [-0.3, -0.25) is 9.59 Å². The van der Waals surface area contributed by atoms with Gasteiger partial charge in [-0.1, -0.05) is 162 Å². The Bertz CT molecular complexity index is 800. The van der Waals surface area contributed by atoms with Gasteiger partial charge in [0.15, 0.2) is 6.10 Å². The summed E-state index contributed by atoms with van der Waals surface area (Å²) in [4.78, 5) is 36.9. The largest absolute Gasteiger partial charge is 0.477 e. The minimum absolute atomic E-state index is 0.174. The van der Waals surface area contributed by atoms with E-state index in [4.69, 9.17) is 18.9 Å². The fourth-order valence-corrected chi connectivity index (χ4v) is 5.84. The Balaban J connectivity index is 4.42. The van der Waals surface area contributed by atoms with E-state index >= 15 is 0 Å². The maximum absolute atomic E-state index is 12.7. The van der Waals surface area contributed by atoms with E-state index in [9.17, 15) is 19.5 Å². The molecule has 0 aliphatic rings. The molecule has 0 rings (SSSR count). The molecule has 1 N–H and O–H groups in total. The number of carbonyl (C=O) groups excluding carboxylic acids is 2. The summed E-state index contributed by atoms with van der Waals surface area (Å²) in [6.45, 7) is 4.86. The van der Waals surface area contributed by atoms with Crippen LogP contribution in [0.2, 0.25) is 0 Å². The number of unbranched alkanes of at least 4 members (excludes halogenated alkanes) is 23. The van der Waals surface area contributed by atoms with E-state index in [2.05, 4.69) is 13.8 Å². The summed E-state index contributed by atoms with van der Waals surface area (Å²) in [7, 11) is 5.95. The molecule has 0 spiro atoms. The molecule has 0 radical (unpaired) electrons. The molecular weight excluding hydrogens is 634 g/mol. The predicted octanol–water partition coefficient (Wildman–Crippen LogP) is 10.2. The van der Waals surface area contributed by atoms with E-state index in [1.807, 2.05) is 21.1 Å². The second-order valence-electron chi connectivity index (χ2n) is 15.3. The maximum atomic E-state index is 12.7. The normalized spacial score (nSPS) is 12.9. The summed E-state index contributed by atoms with van der Waals surface area (Å²) in [6.07, 6.45) is 28.7. The topological polar surface area (TPSA) is 108 Å². The summed E-state index contributed by atoms with van der Waals surface area (Å²) in [5.74, 6) is -2.00. The van der Waals surface area contributed by atoms with Gasteiger partial charge in [-0.25, -0.2) is 4.79 Å². The molecule has 0 aromatic carbocycles. The first-order valence-electron chi connectivity index (χ1n) is 20.7. The lowest BCUT2D eigenvalue weighted by Crippen LogP contribution is -2.40. The van der Waals surface area contributed by atoms with Crippen LogP contribution in [0.4, 0.5) is 0 Å². The highest BCUT2D eigenvalue weighted by Gasteiger charge is 2.25. The Morgan fingerprint density at radius 1 is 0.520 bits per heavy atom. The zero-order chi connectivity index (χ0) is 37.1. The fraction of sp³-hybridized carbons (Fsp3) is 0.927. The minimum Gasteiger partial charge on any atom is -0.477 e. The van der Waals surface area contributed by atoms with E-state index < -0.39 is 24.3 Å². The van der Waals surface area contributed by atoms with Crippen molar-refractivity contribution in [2.75, 3.05) is 47.5 Å². The number of carbonyl (C=O) groups is 3. The zero-order valence-corrected chi connectivity index (χ0v) is 33.3. The van der Waals surface area contributed by atoms with Gasteiger partial charge in [0.2, 0.25) is 0 Å². The molecule has 0 bridgehead atoms. The molecule has 0 aromatic rings. The molecule has 296 valence electrons. The lowest BCUT2D eigenvalue weighted by atomic mass is 10.0. The van der Waals surface area contributed by atoms with Crippen molar-refractivity contribution in [3.8, 4) is 0 Å². The molecule has 0 saturated carbocycles. The first kappa shape index (κ1) is 48.3. The number of carboxylic acids is 1. The predicted molar refractivity (Wildman–Crippen MR) is 203 cm³/mol. The van der Waals surface area contributed by atoms with Gasteiger partial charge in [0, 0.05) is 12.8 Å². The molecule has 0 aliphatic carbocycles. The van der Waals surface area contributed by atoms with Gasteiger partial charge in [0.1, 0.15) is 13.2 Å². The van der Waals surface area contributed by atoms with Crippen molar-refractivity contribution in [2.24, 2.45) is 0 Å². The number of hydrogen-bond acceptors (Lipinski definition) is 7. The van der Waals surface area contributed by atoms with Gasteiger partial charge >= 0.3 is 17.9 Å². The Labute approximate surface area is 307 Å². The first-order chi connectivity index (χ1) is 24.1. The number of nitrogens with zero attached hydrogens (tertiary/aromatic N) is 1. The third-order valence-electron chi connectivity index (χ3n) is 9.11. The lowest BCUT2D eigenvalue weighted by Gasteiger charge is -2.25. The number of likely N-dealkylation sites (N-methyl/N-ethyl adjacent to an activating group) is 1. The average molecular weight is 715 g/mol. The summed E-state index contributed by atoms with van der Waals surface area (Å²) < 4.78 is 22.6. The molecule has 9 heteroatoms. The standard InChI is InChI=1S/C41H79NO8/c1-6-8-10-12-14-16-17-18-19-20-21-22-24-26-28-30-32-39(44)50-37(36-49-41(40(45)46)47-34-33-42(3,4)5)35-48-38(43)31-29-27-25-23-15-13-11-9-7-2/h37,41H,6-36H2,1-5H3/p+1. The molecule has 0 heterocycles. The number of rotatable bonds is 38. The Kier molecular flexibility index (Phi) is 33.2. The van der Waals surface area contributed by atoms with Crippen LogP contribution in [0.5, 0.6) is 0 Å². The van der Waals surface area contributed by atoms with Crippen molar-refractivity contribution in [3.05, 3.63) is 0 Å². The van der Waals surface area contributed by atoms with Crippen LogP contribution in [-0.2, 0) is 33.3 Å². The highest BCUT2D eigenvalue weighted by Crippen LogP contribution is 2.15. The van der Waals surface area contributed by atoms with Crippen molar-refractivity contribution in [1.29, 1.82) is 0 Å². The Hall–Kier alpha value is -1.71. The van der Waals surface area contributed by atoms with Crippen LogP contribution in [-0.4, -0.2) is 87.4 Å². The molecule has 50 heavy (non-hydrogen) atoms. The summed E-state index contributed by atoms with van der Waals surface area (Å²) >= 11 is 0. The van der Waals surface area contributed by atoms with Crippen LogP contribution in [0.1, 0.15) is 187 Å². The van der Waals surface area contributed by atoms with Gasteiger partial charge in [-0.2, -0.15) is 0 Å². The van der Waals surface area contributed by atoms with Crippen LogP contribution in [0.15, 0.2) is 0 Å². The van der Waals surface area contributed by atoms with Crippen molar-refractivity contribution in [3.63, 3.8) is 0 Å². The van der Waals surface area contributed by atoms with E-state index in [0.29, 0.717) is 17.4 Å². The van der Waals surface area contributed by atoms with E-state index in [-0.39, 0.29) is 32.2 Å². The van der Waals surface area contributed by atoms with E-state index in [1.54, 1.807) is 0 Å². The molecule has 2 unspecified atom stereocenters. The summed E-state index contributed by atoms with van der Waals surface area (Å²) in [5, 5.41) is 9.59. The third kappa shape index (κ3) is 34.7. The van der Waals surface area contributed by atoms with Crippen molar-refractivity contribution in [1.82, 2.24) is 0 Å². The molecule has 0 fully saturated rings.